The van der Waals surface area contributed by atoms with Gasteiger partial charge in [-0.2, -0.15) is 4.31 Å². The quantitative estimate of drug-likeness (QED) is 0.769. The summed E-state index contributed by atoms with van der Waals surface area (Å²) in [6.07, 6.45) is 9.32. The Morgan fingerprint density at radius 2 is 1.77 bits per heavy atom. The molecule has 0 bridgehead atoms. The number of benzene rings is 1. The molecule has 30 heavy (non-hydrogen) atoms. The lowest BCUT2D eigenvalue weighted by molar-refractivity contribution is -0.128. The summed E-state index contributed by atoms with van der Waals surface area (Å²) in [5.41, 5.74) is 0.873. The minimum atomic E-state index is -3.60. The topological polar surface area (TPSA) is 79.4 Å². The molecule has 1 amide bonds. The fourth-order valence-corrected chi connectivity index (χ4v) is 6.55. The number of nitrogens with one attached hydrogen (secondary N) is 1. The molecule has 1 aromatic carbocycles. The van der Waals surface area contributed by atoms with Gasteiger partial charge in [0.05, 0.1) is 10.8 Å². The number of sulfonamides is 1. The third-order valence-electron chi connectivity index (χ3n) is 6.63. The van der Waals surface area contributed by atoms with E-state index in [0.29, 0.717) is 18.0 Å². The maximum absolute atomic E-state index is 13.2. The van der Waals surface area contributed by atoms with Gasteiger partial charge >= 0.3 is 0 Å². The molecule has 2 fully saturated rings. The zero-order valence-corrected chi connectivity index (χ0v) is 18.0. The van der Waals surface area contributed by atoms with E-state index in [-0.39, 0.29) is 23.8 Å². The molecule has 1 aliphatic carbocycles. The first-order valence-corrected chi connectivity index (χ1v) is 12.2. The molecule has 2 heterocycles. The van der Waals surface area contributed by atoms with Crippen molar-refractivity contribution in [1.29, 1.82) is 0 Å². The number of aromatic nitrogens is 1. The van der Waals surface area contributed by atoms with Gasteiger partial charge in [0.15, 0.2) is 0 Å². The summed E-state index contributed by atoms with van der Waals surface area (Å²) in [6, 6.07) is 12.4. The first-order chi connectivity index (χ1) is 14.5. The molecule has 1 atom stereocenters. The van der Waals surface area contributed by atoms with Gasteiger partial charge in [-0.1, -0.05) is 37.5 Å². The van der Waals surface area contributed by atoms with E-state index in [9.17, 15) is 13.2 Å². The van der Waals surface area contributed by atoms with Crippen molar-refractivity contribution in [2.75, 3.05) is 19.6 Å². The van der Waals surface area contributed by atoms with Crippen molar-refractivity contribution in [1.82, 2.24) is 14.6 Å². The average molecular weight is 428 g/mol. The van der Waals surface area contributed by atoms with Gasteiger partial charge in [0.1, 0.15) is 0 Å². The van der Waals surface area contributed by atoms with Crippen molar-refractivity contribution < 1.29 is 13.2 Å². The summed E-state index contributed by atoms with van der Waals surface area (Å²) in [5, 5.41) is 3.08. The number of rotatable bonds is 6. The number of pyridine rings is 1. The summed E-state index contributed by atoms with van der Waals surface area (Å²) in [6.45, 7) is 1.24. The van der Waals surface area contributed by atoms with Crippen molar-refractivity contribution in [2.45, 2.75) is 43.4 Å². The van der Waals surface area contributed by atoms with Gasteiger partial charge in [0.2, 0.25) is 15.9 Å². The number of carbonyl (C=O) groups excluding carboxylic acids is 1. The van der Waals surface area contributed by atoms with Crippen molar-refractivity contribution in [3.05, 3.63) is 60.4 Å². The third kappa shape index (κ3) is 4.27. The van der Waals surface area contributed by atoms with Crippen molar-refractivity contribution in [2.24, 2.45) is 11.3 Å². The predicted molar refractivity (Wildman–Crippen MR) is 115 cm³/mol. The van der Waals surface area contributed by atoms with Gasteiger partial charge in [0, 0.05) is 32.0 Å². The second kappa shape index (κ2) is 8.86. The van der Waals surface area contributed by atoms with Gasteiger partial charge in [-0.05, 0) is 54.5 Å². The Bertz CT molecular complexity index is 958. The molecule has 6 nitrogen and oxygen atoms in total. The lowest BCUT2D eigenvalue weighted by Gasteiger charge is -2.37. The Morgan fingerprint density at radius 3 is 2.47 bits per heavy atom. The largest absolute Gasteiger partial charge is 0.355 e. The third-order valence-corrected chi connectivity index (χ3v) is 8.45. The highest BCUT2D eigenvalue weighted by atomic mass is 32.2. The molecule has 1 spiro atoms. The Morgan fingerprint density at radius 1 is 1.07 bits per heavy atom. The second-order valence-corrected chi connectivity index (χ2v) is 10.4. The van der Waals surface area contributed by atoms with Crippen molar-refractivity contribution in [3.63, 3.8) is 0 Å². The first kappa shape index (κ1) is 21.0. The minimum absolute atomic E-state index is 0.0169. The zero-order chi connectivity index (χ0) is 21.0. The van der Waals surface area contributed by atoms with Crippen LogP contribution in [0.2, 0.25) is 0 Å². The summed E-state index contributed by atoms with van der Waals surface area (Å²) in [5.74, 6) is -0.314. The van der Waals surface area contributed by atoms with Gasteiger partial charge in [-0.25, -0.2) is 8.42 Å². The molecular weight excluding hydrogens is 398 g/mol. The van der Waals surface area contributed by atoms with E-state index >= 15 is 0 Å². The molecule has 0 radical (unpaired) electrons. The maximum atomic E-state index is 13.2. The van der Waals surface area contributed by atoms with Gasteiger partial charge < -0.3 is 5.32 Å². The summed E-state index contributed by atoms with van der Waals surface area (Å²) < 4.78 is 28.0. The molecule has 1 aliphatic heterocycles. The fraction of sp³-hybridized carbons (Fsp3) is 0.478. The van der Waals surface area contributed by atoms with Crippen LogP contribution < -0.4 is 5.32 Å². The van der Waals surface area contributed by atoms with Crippen LogP contribution in [0.1, 0.15) is 37.7 Å². The highest BCUT2D eigenvalue weighted by Gasteiger charge is 2.52. The van der Waals surface area contributed by atoms with Crippen LogP contribution in [0.25, 0.3) is 0 Å². The molecule has 1 saturated heterocycles. The number of nitrogens with zero attached hydrogens (tertiary/aromatic N) is 2. The predicted octanol–water partition coefficient (Wildman–Crippen LogP) is 3.01. The van der Waals surface area contributed by atoms with E-state index in [1.165, 1.54) is 0 Å². The van der Waals surface area contributed by atoms with Crippen molar-refractivity contribution >= 4 is 15.9 Å². The van der Waals surface area contributed by atoms with Crippen LogP contribution in [0, 0.1) is 11.3 Å². The van der Waals surface area contributed by atoms with Gasteiger partial charge in [-0.15, -0.1) is 0 Å². The smallest absolute Gasteiger partial charge is 0.243 e. The lowest BCUT2D eigenvalue weighted by Crippen LogP contribution is -2.43. The highest BCUT2D eigenvalue weighted by Crippen LogP contribution is 2.48. The minimum Gasteiger partial charge on any atom is -0.355 e. The fourth-order valence-electron chi connectivity index (χ4n) is 4.97. The highest BCUT2D eigenvalue weighted by molar-refractivity contribution is 7.89. The second-order valence-electron chi connectivity index (χ2n) is 8.48. The first-order valence-electron chi connectivity index (χ1n) is 10.7. The normalized spacial score (nSPS) is 21.5. The molecule has 7 heteroatoms. The molecule has 1 saturated carbocycles. The summed E-state index contributed by atoms with van der Waals surface area (Å²) in [7, 11) is -3.60. The number of amides is 1. The van der Waals surface area contributed by atoms with Crippen LogP contribution in [0.15, 0.2) is 59.8 Å². The number of carbonyl (C=O) groups is 1. The molecular formula is C23H29N3O3S. The summed E-state index contributed by atoms with van der Waals surface area (Å²) in [4.78, 5) is 17.5. The Balaban J connectivity index is 1.49. The van der Waals surface area contributed by atoms with Crippen LogP contribution >= 0.6 is 0 Å². The Kier molecular flexibility index (Phi) is 6.20. The molecule has 0 unspecified atom stereocenters. The molecule has 1 aromatic heterocycles. The Labute approximate surface area is 178 Å². The van der Waals surface area contributed by atoms with E-state index in [0.717, 1.165) is 44.1 Å². The van der Waals surface area contributed by atoms with Crippen LogP contribution in [0.4, 0.5) is 0 Å². The van der Waals surface area contributed by atoms with Crippen LogP contribution in [-0.4, -0.2) is 43.2 Å². The van der Waals surface area contributed by atoms with Crippen LogP contribution in [-0.2, 0) is 21.2 Å². The number of hydrogen-bond acceptors (Lipinski definition) is 4. The number of hydrogen-bond donors (Lipinski definition) is 1. The molecule has 4 rings (SSSR count). The monoisotopic (exact) mass is 427 g/mol. The Hall–Kier alpha value is -2.25. The van der Waals surface area contributed by atoms with E-state index in [1.54, 1.807) is 41.0 Å². The van der Waals surface area contributed by atoms with Crippen LogP contribution in [0.3, 0.4) is 0 Å². The molecule has 2 aliphatic rings. The van der Waals surface area contributed by atoms with Gasteiger partial charge in [-0.3, -0.25) is 9.78 Å². The zero-order valence-electron chi connectivity index (χ0n) is 17.2. The van der Waals surface area contributed by atoms with Crippen molar-refractivity contribution in [3.8, 4) is 0 Å². The maximum Gasteiger partial charge on any atom is 0.243 e. The van der Waals surface area contributed by atoms with Crippen LogP contribution in [0.5, 0.6) is 0 Å². The SMILES string of the molecule is O=C(NCCc1ccncc1)[C@@H]1CN(S(=O)(=O)c2ccccc2)CC12CCCCC2. The molecule has 160 valence electrons. The average Bonchev–Trinajstić information content (AvgIpc) is 3.15. The summed E-state index contributed by atoms with van der Waals surface area (Å²) >= 11 is 0. The van der Waals surface area contributed by atoms with E-state index in [4.69, 9.17) is 0 Å². The van der Waals surface area contributed by atoms with E-state index < -0.39 is 10.0 Å². The molecule has 2 aromatic rings. The standard InChI is InChI=1S/C23H29N3O3S/c27-22(25-16-11-19-9-14-24-15-10-19)21-17-26(18-23(21)12-5-2-6-13-23)30(28,29)20-7-3-1-4-8-20/h1,3-4,7-10,14-15,21H,2,5-6,11-13,16-18H2,(H,25,27)/t21-/m0/s1. The lowest BCUT2D eigenvalue weighted by atomic mass is 9.67. The van der Waals surface area contributed by atoms with Gasteiger partial charge in [0.25, 0.3) is 0 Å². The van der Waals surface area contributed by atoms with E-state index in [1.807, 2.05) is 18.2 Å². The van der Waals surface area contributed by atoms with E-state index in [2.05, 4.69) is 10.3 Å². The molecule has 1 N–H and O–H groups in total.